The number of rotatable bonds is 7. The zero-order valence-electron chi connectivity index (χ0n) is 16.9. The summed E-state index contributed by atoms with van der Waals surface area (Å²) in [4.78, 5) is 4.29. The standard InChI is InChI=1S/C24H21F3N2O2/c1-30-22-13-16(15-28-11-9-18-6-4-5-10-29-18)12-17-14-21(31-23(17)22)19-7-2-3-8-20(19)24(25,26)27/h2-8,10,12-14,28H,9,11,15H2,1H3. The number of nitrogens with zero attached hydrogens (tertiary/aromatic N) is 1. The maximum atomic E-state index is 13.4. The largest absolute Gasteiger partial charge is 0.493 e. The molecule has 0 saturated heterocycles. The van der Waals surface area contributed by atoms with E-state index < -0.39 is 11.7 Å². The van der Waals surface area contributed by atoms with Crippen molar-refractivity contribution in [3.63, 3.8) is 0 Å². The molecule has 0 amide bonds. The molecule has 2 heterocycles. The fourth-order valence-corrected chi connectivity index (χ4v) is 3.51. The molecular weight excluding hydrogens is 405 g/mol. The number of methoxy groups -OCH3 is 1. The van der Waals surface area contributed by atoms with Gasteiger partial charge in [-0.2, -0.15) is 13.2 Å². The minimum absolute atomic E-state index is 0.00305. The minimum Gasteiger partial charge on any atom is -0.493 e. The smallest absolute Gasteiger partial charge is 0.417 e. The van der Waals surface area contributed by atoms with Crippen molar-refractivity contribution < 1.29 is 22.3 Å². The number of nitrogens with one attached hydrogen (secondary N) is 1. The molecule has 1 N–H and O–H groups in total. The number of benzene rings is 2. The second-order valence-corrected chi connectivity index (χ2v) is 7.12. The first-order valence-corrected chi connectivity index (χ1v) is 9.83. The summed E-state index contributed by atoms with van der Waals surface area (Å²) in [5.41, 5.74) is 1.65. The van der Waals surface area contributed by atoms with E-state index in [9.17, 15) is 13.2 Å². The van der Waals surface area contributed by atoms with E-state index in [1.54, 1.807) is 18.3 Å². The number of hydrogen-bond acceptors (Lipinski definition) is 4. The van der Waals surface area contributed by atoms with E-state index in [0.717, 1.165) is 30.3 Å². The lowest BCUT2D eigenvalue weighted by Gasteiger charge is -2.10. The highest BCUT2D eigenvalue weighted by molar-refractivity contribution is 5.88. The van der Waals surface area contributed by atoms with Gasteiger partial charge in [0, 0.05) is 42.4 Å². The van der Waals surface area contributed by atoms with Crippen LogP contribution in [0.2, 0.25) is 0 Å². The molecule has 2 aromatic heterocycles. The van der Waals surface area contributed by atoms with Crippen LogP contribution in [0, 0.1) is 0 Å². The number of hydrogen-bond donors (Lipinski definition) is 1. The second kappa shape index (κ2) is 8.81. The lowest BCUT2D eigenvalue weighted by atomic mass is 10.0. The van der Waals surface area contributed by atoms with E-state index in [2.05, 4.69) is 10.3 Å². The molecule has 0 saturated carbocycles. The fraction of sp³-hybridized carbons (Fsp3) is 0.208. The van der Waals surface area contributed by atoms with Crippen molar-refractivity contribution in [1.82, 2.24) is 10.3 Å². The summed E-state index contributed by atoms with van der Waals surface area (Å²) < 4.78 is 51.5. The van der Waals surface area contributed by atoms with E-state index in [1.807, 2.05) is 30.3 Å². The molecule has 0 aliphatic rings. The third-order valence-electron chi connectivity index (χ3n) is 4.97. The zero-order valence-corrected chi connectivity index (χ0v) is 16.9. The molecule has 4 rings (SSSR count). The van der Waals surface area contributed by atoms with Gasteiger partial charge in [-0.25, -0.2) is 0 Å². The molecule has 2 aromatic carbocycles. The van der Waals surface area contributed by atoms with Crippen molar-refractivity contribution in [1.29, 1.82) is 0 Å². The molecule has 4 aromatic rings. The number of ether oxygens (including phenoxy) is 1. The number of alkyl halides is 3. The van der Waals surface area contributed by atoms with Crippen LogP contribution in [0.5, 0.6) is 5.75 Å². The molecule has 0 fully saturated rings. The van der Waals surface area contributed by atoms with Crippen LogP contribution in [0.1, 0.15) is 16.8 Å². The molecule has 0 aliphatic heterocycles. The molecule has 0 spiro atoms. The van der Waals surface area contributed by atoms with Gasteiger partial charge in [-0.1, -0.05) is 24.3 Å². The Hall–Kier alpha value is -3.32. The Morgan fingerprint density at radius 1 is 1.03 bits per heavy atom. The fourth-order valence-electron chi connectivity index (χ4n) is 3.51. The average molecular weight is 426 g/mol. The lowest BCUT2D eigenvalue weighted by Crippen LogP contribution is -2.17. The number of aromatic nitrogens is 1. The van der Waals surface area contributed by atoms with Crippen LogP contribution in [0.15, 0.2) is 71.3 Å². The van der Waals surface area contributed by atoms with Gasteiger partial charge in [-0.05, 0) is 42.0 Å². The zero-order chi connectivity index (χ0) is 21.8. The highest BCUT2D eigenvalue weighted by Crippen LogP contribution is 2.40. The predicted octanol–water partition coefficient (Wildman–Crippen LogP) is 5.85. The van der Waals surface area contributed by atoms with Gasteiger partial charge in [0.05, 0.1) is 12.7 Å². The van der Waals surface area contributed by atoms with E-state index in [1.165, 1.54) is 19.2 Å². The monoisotopic (exact) mass is 426 g/mol. The molecule has 0 aliphatic carbocycles. The molecule has 4 nitrogen and oxygen atoms in total. The van der Waals surface area contributed by atoms with Gasteiger partial charge in [0.25, 0.3) is 0 Å². The summed E-state index contributed by atoms with van der Waals surface area (Å²) >= 11 is 0. The Labute approximate surface area is 177 Å². The summed E-state index contributed by atoms with van der Waals surface area (Å²) in [5, 5.41) is 4.05. The number of fused-ring (bicyclic) bond motifs is 1. The third kappa shape index (κ3) is 4.72. The van der Waals surface area contributed by atoms with E-state index in [0.29, 0.717) is 23.3 Å². The van der Waals surface area contributed by atoms with Crippen LogP contribution in [-0.4, -0.2) is 18.6 Å². The Bertz CT molecular complexity index is 1170. The molecule has 7 heteroatoms. The Balaban J connectivity index is 1.57. The molecule has 0 unspecified atom stereocenters. The van der Waals surface area contributed by atoms with Crippen molar-refractivity contribution in [2.24, 2.45) is 0 Å². The first-order valence-electron chi connectivity index (χ1n) is 9.83. The summed E-state index contributed by atoms with van der Waals surface area (Å²) in [5.74, 6) is 0.635. The normalized spacial score (nSPS) is 11.7. The van der Waals surface area contributed by atoms with Crippen molar-refractivity contribution >= 4 is 11.0 Å². The second-order valence-electron chi connectivity index (χ2n) is 7.12. The van der Waals surface area contributed by atoms with Gasteiger partial charge >= 0.3 is 6.18 Å². The van der Waals surface area contributed by atoms with Crippen LogP contribution < -0.4 is 10.1 Å². The van der Waals surface area contributed by atoms with Crippen molar-refractivity contribution in [3.8, 4) is 17.1 Å². The van der Waals surface area contributed by atoms with Gasteiger partial charge in [-0.3, -0.25) is 4.98 Å². The van der Waals surface area contributed by atoms with Gasteiger partial charge < -0.3 is 14.5 Å². The number of halogens is 3. The Kier molecular flexibility index (Phi) is 5.95. The SMILES string of the molecule is COc1cc(CNCCc2ccccn2)cc2cc(-c3ccccc3C(F)(F)F)oc12. The minimum atomic E-state index is -4.47. The van der Waals surface area contributed by atoms with Crippen molar-refractivity contribution in [3.05, 3.63) is 83.7 Å². The van der Waals surface area contributed by atoms with Gasteiger partial charge in [0.1, 0.15) is 5.76 Å². The average Bonchev–Trinajstić information content (AvgIpc) is 3.20. The van der Waals surface area contributed by atoms with Crippen LogP contribution in [0.25, 0.3) is 22.3 Å². The van der Waals surface area contributed by atoms with Crippen molar-refractivity contribution in [2.75, 3.05) is 13.7 Å². The Morgan fingerprint density at radius 2 is 1.84 bits per heavy atom. The highest BCUT2D eigenvalue weighted by Gasteiger charge is 2.34. The quantitative estimate of drug-likeness (QED) is 0.376. The summed E-state index contributed by atoms with van der Waals surface area (Å²) in [6.45, 7) is 1.33. The molecular formula is C24H21F3N2O2. The molecule has 160 valence electrons. The first-order chi connectivity index (χ1) is 15.0. The molecule has 0 radical (unpaired) electrons. The lowest BCUT2D eigenvalue weighted by molar-refractivity contribution is -0.137. The maximum absolute atomic E-state index is 13.4. The van der Waals surface area contributed by atoms with Crippen molar-refractivity contribution in [2.45, 2.75) is 19.1 Å². The van der Waals surface area contributed by atoms with Crippen LogP contribution in [0.4, 0.5) is 13.2 Å². The summed E-state index contributed by atoms with van der Waals surface area (Å²) in [6, 6.07) is 16.6. The number of pyridine rings is 1. The third-order valence-corrected chi connectivity index (χ3v) is 4.97. The van der Waals surface area contributed by atoms with E-state index in [4.69, 9.17) is 9.15 Å². The van der Waals surface area contributed by atoms with E-state index in [-0.39, 0.29) is 11.3 Å². The van der Waals surface area contributed by atoms with Gasteiger partial charge in [0.15, 0.2) is 11.3 Å². The summed E-state index contributed by atoms with van der Waals surface area (Å²) in [6.07, 6.45) is -1.91. The van der Waals surface area contributed by atoms with Crippen LogP contribution in [0.3, 0.4) is 0 Å². The Morgan fingerprint density at radius 3 is 2.58 bits per heavy atom. The number of furan rings is 1. The van der Waals surface area contributed by atoms with Crippen LogP contribution >= 0.6 is 0 Å². The van der Waals surface area contributed by atoms with E-state index >= 15 is 0 Å². The predicted molar refractivity (Wildman–Crippen MR) is 113 cm³/mol. The maximum Gasteiger partial charge on any atom is 0.417 e. The topological polar surface area (TPSA) is 47.3 Å². The molecule has 0 atom stereocenters. The molecule has 0 bridgehead atoms. The van der Waals surface area contributed by atoms with Gasteiger partial charge in [-0.15, -0.1) is 0 Å². The van der Waals surface area contributed by atoms with Crippen LogP contribution in [-0.2, 0) is 19.1 Å². The highest BCUT2D eigenvalue weighted by atomic mass is 19.4. The summed E-state index contributed by atoms with van der Waals surface area (Å²) in [7, 11) is 1.51. The first kappa shape index (κ1) is 20.9. The van der Waals surface area contributed by atoms with Gasteiger partial charge in [0.2, 0.25) is 0 Å². The molecule has 31 heavy (non-hydrogen) atoms.